The highest BCUT2D eigenvalue weighted by molar-refractivity contribution is 6.36. The van der Waals surface area contributed by atoms with Crippen LogP contribution in [0, 0.1) is 11.8 Å². The first kappa shape index (κ1) is 36.4. The van der Waals surface area contributed by atoms with E-state index in [0.717, 1.165) is 12.1 Å². The molecular formula is C41H40ClN3O10. The van der Waals surface area contributed by atoms with E-state index >= 15 is 0 Å². The third-order valence-corrected chi connectivity index (χ3v) is 11.8. The van der Waals surface area contributed by atoms with Crippen LogP contribution in [0.4, 0.5) is 0 Å². The van der Waals surface area contributed by atoms with Crippen molar-refractivity contribution in [2.24, 2.45) is 11.8 Å². The van der Waals surface area contributed by atoms with E-state index in [9.17, 15) is 24.0 Å². The van der Waals surface area contributed by atoms with Gasteiger partial charge in [0, 0.05) is 66.8 Å². The average Bonchev–Trinajstić information content (AvgIpc) is 3.69. The fourth-order valence-corrected chi connectivity index (χ4v) is 9.11. The van der Waals surface area contributed by atoms with Gasteiger partial charge in [0.1, 0.15) is 45.4 Å². The lowest BCUT2D eigenvalue weighted by atomic mass is 9.70. The van der Waals surface area contributed by atoms with Gasteiger partial charge in [-0.05, 0) is 49.6 Å². The number of methoxy groups -OCH3 is 3. The van der Waals surface area contributed by atoms with E-state index in [4.69, 9.17) is 35.0 Å². The van der Waals surface area contributed by atoms with Gasteiger partial charge in [0.2, 0.25) is 29.0 Å². The zero-order valence-electron chi connectivity index (χ0n) is 31.0. The molecule has 8 rings (SSSR count). The second kappa shape index (κ2) is 13.6. The standard InChI is InChI=1S/C41H40ClN3O10/c1-20-13-29-33(38(48)41(20)39(49)34-28(52-4)16-30(53-5)35(42)37(34)55-41)26(36(54-29)23-9-11-25(51-3)12-10-23)15-31(46)43-21(2)40(50)44-17-22-14-24(19-44)27-7-6-8-32(47)45(27)18-22/h6-12,16,20-22,24H,13-15,17-19H2,1-5H3,(H,43,46)/t20-,21+,22?,24?,41+/m1/s1. The summed E-state index contributed by atoms with van der Waals surface area (Å²) in [5.74, 6) is -1.12. The Balaban J connectivity index is 1.11. The lowest BCUT2D eigenvalue weighted by Gasteiger charge is -2.43. The van der Waals surface area contributed by atoms with Crippen molar-refractivity contribution in [1.29, 1.82) is 0 Å². The number of nitrogens with zero attached hydrogens (tertiary/aromatic N) is 2. The van der Waals surface area contributed by atoms with Crippen molar-refractivity contribution in [2.45, 2.75) is 57.2 Å². The Bertz CT molecular complexity index is 2330. The van der Waals surface area contributed by atoms with Gasteiger partial charge in [-0.2, -0.15) is 0 Å². The van der Waals surface area contributed by atoms with Crippen LogP contribution in [0.3, 0.4) is 0 Å². The lowest BCUT2D eigenvalue weighted by Crippen LogP contribution is -2.56. The molecule has 4 aliphatic rings. The number of amides is 2. The second-order valence-corrected chi connectivity index (χ2v) is 15.1. The summed E-state index contributed by atoms with van der Waals surface area (Å²) in [6.45, 7) is 4.80. The molecular weight excluding hydrogens is 730 g/mol. The van der Waals surface area contributed by atoms with Gasteiger partial charge < -0.3 is 38.1 Å². The van der Waals surface area contributed by atoms with Crippen LogP contribution in [-0.2, 0) is 29.0 Å². The SMILES string of the molecule is COc1ccc(-c2oc3c(c2CC(=O)N[C@@H](C)C(=O)N2CC4CC(C2)c2cccc(=O)n2C4)C(=O)[C@@]2(Oc4c(Cl)c(OC)cc(OC)c4C2=O)[C@H](C)C3)cc1. The van der Waals surface area contributed by atoms with E-state index < -0.39 is 35.0 Å². The molecule has 0 radical (unpaired) electrons. The summed E-state index contributed by atoms with van der Waals surface area (Å²) in [4.78, 5) is 71.4. The van der Waals surface area contributed by atoms with Crippen LogP contribution < -0.4 is 29.8 Å². The zero-order valence-corrected chi connectivity index (χ0v) is 31.8. The molecule has 5 heterocycles. The number of hydrogen-bond donors (Lipinski definition) is 1. The van der Waals surface area contributed by atoms with Crippen LogP contribution in [0.5, 0.6) is 23.0 Å². The number of rotatable bonds is 8. The summed E-state index contributed by atoms with van der Waals surface area (Å²) in [6.07, 6.45) is 0.671. The fourth-order valence-electron chi connectivity index (χ4n) is 8.84. The van der Waals surface area contributed by atoms with Crippen LogP contribution in [-0.4, -0.2) is 78.9 Å². The monoisotopic (exact) mass is 769 g/mol. The number of halogens is 1. The maximum absolute atomic E-state index is 14.9. The van der Waals surface area contributed by atoms with Crippen LogP contribution in [0.15, 0.2) is 57.7 Å². The van der Waals surface area contributed by atoms with E-state index in [1.165, 1.54) is 20.3 Å². The highest BCUT2D eigenvalue weighted by atomic mass is 35.5. The summed E-state index contributed by atoms with van der Waals surface area (Å²) in [6, 6.07) is 12.8. The van der Waals surface area contributed by atoms with Crippen molar-refractivity contribution >= 4 is 35.0 Å². The van der Waals surface area contributed by atoms with E-state index in [0.29, 0.717) is 36.7 Å². The minimum Gasteiger partial charge on any atom is -0.497 e. The van der Waals surface area contributed by atoms with Gasteiger partial charge in [0.05, 0.1) is 33.3 Å². The first-order valence-electron chi connectivity index (χ1n) is 18.2. The first-order chi connectivity index (χ1) is 26.4. The number of ketones is 2. The van der Waals surface area contributed by atoms with Gasteiger partial charge in [0.25, 0.3) is 5.56 Å². The van der Waals surface area contributed by atoms with Gasteiger partial charge in [-0.25, -0.2) is 0 Å². The number of aromatic nitrogens is 1. The highest BCUT2D eigenvalue weighted by Crippen LogP contribution is 2.54. The van der Waals surface area contributed by atoms with Crippen LogP contribution in [0.25, 0.3) is 11.3 Å². The second-order valence-electron chi connectivity index (χ2n) is 14.7. The molecule has 2 unspecified atom stereocenters. The van der Waals surface area contributed by atoms with Crippen LogP contribution >= 0.6 is 11.6 Å². The Morgan fingerprint density at radius 1 is 0.964 bits per heavy atom. The number of ether oxygens (including phenoxy) is 4. The molecule has 1 aliphatic carbocycles. The molecule has 1 N–H and O–H groups in total. The normalized spacial score (nSPS) is 22.7. The molecule has 55 heavy (non-hydrogen) atoms. The molecule has 2 aromatic heterocycles. The fraction of sp³-hybridized carbons (Fsp3) is 0.390. The minimum atomic E-state index is -2.02. The molecule has 13 nitrogen and oxygen atoms in total. The summed E-state index contributed by atoms with van der Waals surface area (Å²) in [7, 11) is 4.35. The van der Waals surface area contributed by atoms with Crippen molar-refractivity contribution in [2.75, 3.05) is 34.4 Å². The summed E-state index contributed by atoms with van der Waals surface area (Å²) >= 11 is 6.65. The molecule has 1 saturated heterocycles. The van der Waals surface area contributed by atoms with Gasteiger partial charge in [-0.15, -0.1) is 0 Å². The smallest absolute Gasteiger partial charge is 0.250 e. The number of hydrogen-bond acceptors (Lipinski definition) is 10. The Morgan fingerprint density at radius 2 is 1.69 bits per heavy atom. The highest BCUT2D eigenvalue weighted by Gasteiger charge is 2.63. The Morgan fingerprint density at radius 3 is 2.40 bits per heavy atom. The largest absolute Gasteiger partial charge is 0.497 e. The average molecular weight is 770 g/mol. The number of carbonyl (C=O) groups is 4. The third-order valence-electron chi connectivity index (χ3n) is 11.5. The number of nitrogens with one attached hydrogen (secondary N) is 1. The van der Waals surface area contributed by atoms with Crippen molar-refractivity contribution in [3.05, 3.63) is 92.1 Å². The lowest BCUT2D eigenvalue weighted by molar-refractivity contribution is -0.138. The number of likely N-dealkylation sites (tertiary alicyclic amines) is 1. The molecule has 5 atom stereocenters. The number of Topliss-reactive ketones (excluding diaryl/α,β-unsaturated/α-hetero) is 2. The van der Waals surface area contributed by atoms with Crippen molar-refractivity contribution in [1.82, 2.24) is 14.8 Å². The molecule has 3 aliphatic heterocycles. The Kier molecular flexibility index (Phi) is 9.02. The van der Waals surface area contributed by atoms with E-state index in [1.54, 1.807) is 66.8 Å². The number of piperidine rings is 1. The molecule has 14 heteroatoms. The predicted molar refractivity (Wildman–Crippen MR) is 200 cm³/mol. The molecule has 4 aromatic rings. The molecule has 2 aromatic carbocycles. The summed E-state index contributed by atoms with van der Waals surface area (Å²) < 4.78 is 30.8. The number of pyridine rings is 1. The van der Waals surface area contributed by atoms with Gasteiger partial charge in [-0.1, -0.05) is 24.6 Å². The van der Waals surface area contributed by atoms with Crippen LogP contribution in [0.2, 0.25) is 5.02 Å². The predicted octanol–water partition coefficient (Wildman–Crippen LogP) is 4.87. The minimum absolute atomic E-state index is 0.0149. The van der Waals surface area contributed by atoms with E-state index in [2.05, 4.69) is 5.32 Å². The number of carbonyl (C=O) groups excluding carboxylic acids is 4. The third kappa shape index (κ3) is 5.70. The Labute approximate surface area is 321 Å². The molecule has 0 saturated carbocycles. The van der Waals surface area contributed by atoms with Gasteiger partial charge in [-0.3, -0.25) is 24.0 Å². The summed E-state index contributed by atoms with van der Waals surface area (Å²) in [5, 5.41) is 2.87. The van der Waals surface area contributed by atoms with Crippen molar-refractivity contribution in [3.8, 4) is 34.3 Å². The quantitative estimate of drug-likeness (QED) is 0.246. The molecule has 2 bridgehead atoms. The molecule has 1 spiro atoms. The van der Waals surface area contributed by atoms with Crippen molar-refractivity contribution < 1.29 is 42.5 Å². The molecule has 1 fully saturated rings. The summed E-state index contributed by atoms with van der Waals surface area (Å²) in [5.41, 5.74) is -0.223. The van der Waals surface area contributed by atoms with E-state index in [1.807, 2.05) is 6.07 Å². The number of fused-ring (bicyclic) bond motifs is 6. The number of benzene rings is 2. The van der Waals surface area contributed by atoms with Crippen molar-refractivity contribution in [3.63, 3.8) is 0 Å². The molecule has 2 amide bonds. The first-order valence-corrected chi connectivity index (χ1v) is 18.6. The molecule has 286 valence electrons. The zero-order chi connectivity index (χ0) is 38.9. The Hall–Kier alpha value is -5.56. The van der Waals surface area contributed by atoms with Gasteiger partial charge >= 0.3 is 0 Å². The number of furan rings is 1. The topological polar surface area (TPSA) is 156 Å². The van der Waals surface area contributed by atoms with Crippen LogP contribution in [0.1, 0.15) is 63.9 Å². The van der Waals surface area contributed by atoms with E-state index in [-0.39, 0.29) is 80.9 Å². The maximum atomic E-state index is 14.9. The maximum Gasteiger partial charge on any atom is 0.250 e. The van der Waals surface area contributed by atoms with Gasteiger partial charge in [0.15, 0.2) is 5.75 Å².